The van der Waals surface area contributed by atoms with Crippen LogP contribution in [0.2, 0.25) is 0 Å². The fraction of sp³-hybridized carbons (Fsp3) is 0.222. The van der Waals surface area contributed by atoms with E-state index in [1.54, 1.807) is 0 Å². The molecule has 0 atom stereocenters. The third kappa shape index (κ3) is 4.79. The van der Waals surface area contributed by atoms with E-state index in [1.165, 1.54) is 6.08 Å². The Morgan fingerprint density at radius 3 is 2.33 bits per heavy atom. The Morgan fingerprint density at radius 1 is 1.33 bits per heavy atom. The highest BCUT2D eigenvalue weighted by Gasteiger charge is 1.90. The minimum absolute atomic E-state index is 0.663. The molecule has 2 nitrogen and oxygen atoms in total. The molecule has 1 N–H and O–H groups in total. The molecular formula is C9H12O2S. The summed E-state index contributed by atoms with van der Waals surface area (Å²) < 4.78 is 0. The van der Waals surface area contributed by atoms with Gasteiger partial charge in [-0.2, -0.15) is 0 Å². The van der Waals surface area contributed by atoms with E-state index in [2.05, 4.69) is 12.6 Å². The molecule has 0 rings (SSSR count). The number of carboxylic acid groups (broad SMARTS) is 1. The highest BCUT2D eigenvalue weighted by atomic mass is 32.1. The standard InChI is InChI=1S/C9H12O2S/c1-3-4-7(2)8(12)5-6-9(10)11/h3-6,12H,1-2H3,(H,10,11)/b4-3+,6-5+,8-7+. The first kappa shape index (κ1) is 11.0. The van der Waals surface area contributed by atoms with Gasteiger partial charge >= 0.3 is 5.97 Å². The van der Waals surface area contributed by atoms with Crippen LogP contribution in [0.1, 0.15) is 13.8 Å². The van der Waals surface area contributed by atoms with Crippen LogP contribution in [-0.2, 0) is 4.79 Å². The second kappa shape index (κ2) is 5.66. The summed E-state index contributed by atoms with van der Waals surface area (Å²) in [5.74, 6) is -0.963. The minimum atomic E-state index is -0.963. The van der Waals surface area contributed by atoms with Crippen molar-refractivity contribution in [2.75, 3.05) is 0 Å². The maximum Gasteiger partial charge on any atom is 0.328 e. The fourth-order valence-electron chi connectivity index (χ4n) is 0.617. The summed E-state index contributed by atoms with van der Waals surface area (Å²) in [5.41, 5.74) is 0.943. The first-order valence-electron chi connectivity index (χ1n) is 3.51. The van der Waals surface area contributed by atoms with Crippen LogP contribution in [0.5, 0.6) is 0 Å². The van der Waals surface area contributed by atoms with Crippen molar-refractivity contribution in [3.8, 4) is 0 Å². The molecular weight excluding hydrogens is 172 g/mol. The lowest BCUT2D eigenvalue weighted by atomic mass is 10.2. The first-order chi connectivity index (χ1) is 5.57. The van der Waals surface area contributed by atoms with Crippen molar-refractivity contribution in [1.82, 2.24) is 0 Å². The van der Waals surface area contributed by atoms with Gasteiger partial charge in [-0.1, -0.05) is 12.2 Å². The molecule has 0 saturated carbocycles. The topological polar surface area (TPSA) is 37.3 Å². The summed E-state index contributed by atoms with van der Waals surface area (Å²) in [5, 5.41) is 8.31. The predicted molar refractivity (Wildman–Crippen MR) is 53.3 cm³/mol. The van der Waals surface area contributed by atoms with E-state index in [1.807, 2.05) is 26.0 Å². The van der Waals surface area contributed by atoms with Gasteiger partial charge in [0, 0.05) is 11.0 Å². The Labute approximate surface area is 77.7 Å². The van der Waals surface area contributed by atoms with E-state index in [0.29, 0.717) is 4.91 Å². The first-order valence-corrected chi connectivity index (χ1v) is 3.96. The highest BCUT2D eigenvalue weighted by Crippen LogP contribution is 2.10. The average molecular weight is 184 g/mol. The third-order valence-electron chi connectivity index (χ3n) is 1.20. The van der Waals surface area contributed by atoms with E-state index >= 15 is 0 Å². The van der Waals surface area contributed by atoms with Crippen LogP contribution in [0.15, 0.2) is 34.8 Å². The van der Waals surface area contributed by atoms with E-state index in [-0.39, 0.29) is 0 Å². The van der Waals surface area contributed by atoms with Crippen molar-refractivity contribution in [2.24, 2.45) is 0 Å². The van der Waals surface area contributed by atoms with Gasteiger partial charge in [0.25, 0.3) is 0 Å². The molecule has 66 valence electrons. The molecule has 0 aromatic carbocycles. The highest BCUT2D eigenvalue weighted by molar-refractivity contribution is 7.84. The molecule has 0 radical (unpaired) electrons. The summed E-state index contributed by atoms with van der Waals surface area (Å²) in [6.07, 6.45) is 6.27. The van der Waals surface area contributed by atoms with Crippen LogP contribution < -0.4 is 0 Å². The van der Waals surface area contributed by atoms with E-state index in [0.717, 1.165) is 11.6 Å². The summed E-state index contributed by atoms with van der Waals surface area (Å²) >= 11 is 4.11. The lowest BCUT2D eigenvalue weighted by Gasteiger charge is -1.94. The molecule has 3 heteroatoms. The Morgan fingerprint density at radius 2 is 1.92 bits per heavy atom. The van der Waals surface area contributed by atoms with E-state index < -0.39 is 5.97 Å². The van der Waals surface area contributed by atoms with Crippen molar-refractivity contribution in [1.29, 1.82) is 0 Å². The fourth-order valence-corrected chi connectivity index (χ4v) is 0.766. The van der Waals surface area contributed by atoms with Crippen LogP contribution in [0.4, 0.5) is 0 Å². The average Bonchev–Trinajstić information content (AvgIpc) is 2.00. The molecule has 0 saturated heterocycles. The summed E-state index contributed by atoms with van der Waals surface area (Å²) in [6.45, 7) is 3.76. The van der Waals surface area contributed by atoms with Crippen molar-refractivity contribution in [3.63, 3.8) is 0 Å². The number of carbonyl (C=O) groups is 1. The summed E-state index contributed by atoms with van der Waals surface area (Å²) in [4.78, 5) is 10.8. The number of hydrogen-bond donors (Lipinski definition) is 2. The number of hydrogen-bond acceptors (Lipinski definition) is 2. The molecule has 0 aromatic rings. The second-order valence-corrected chi connectivity index (χ2v) is 2.72. The molecule has 0 amide bonds. The number of allylic oxidation sites excluding steroid dienone is 4. The van der Waals surface area contributed by atoms with Gasteiger partial charge in [-0.05, 0) is 25.5 Å². The molecule has 0 aliphatic rings. The number of rotatable bonds is 3. The van der Waals surface area contributed by atoms with Gasteiger partial charge in [-0.3, -0.25) is 0 Å². The molecule has 0 fully saturated rings. The molecule has 0 aliphatic carbocycles. The monoisotopic (exact) mass is 184 g/mol. The normalized spacial score (nSPS) is 13.9. The number of thiol groups is 1. The quantitative estimate of drug-likeness (QED) is 0.401. The van der Waals surface area contributed by atoms with Gasteiger partial charge in [-0.15, -0.1) is 12.6 Å². The lowest BCUT2D eigenvalue weighted by Crippen LogP contribution is -1.86. The largest absolute Gasteiger partial charge is 0.478 e. The van der Waals surface area contributed by atoms with Crippen LogP contribution in [0.3, 0.4) is 0 Å². The summed E-state index contributed by atoms with van der Waals surface area (Å²) in [6, 6.07) is 0. The van der Waals surface area contributed by atoms with Crippen LogP contribution in [0, 0.1) is 0 Å². The summed E-state index contributed by atoms with van der Waals surface area (Å²) in [7, 11) is 0. The number of carboxylic acids is 1. The van der Waals surface area contributed by atoms with Gasteiger partial charge in [0.1, 0.15) is 0 Å². The van der Waals surface area contributed by atoms with Crippen molar-refractivity contribution < 1.29 is 9.90 Å². The molecule has 0 aromatic heterocycles. The van der Waals surface area contributed by atoms with Gasteiger partial charge in [0.15, 0.2) is 0 Å². The molecule has 0 aliphatic heterocycles. The van der Waals surface area contributed by atoms with E-state index in [4.69, 9.17) is 5.11 Å². The van der Waals surface area contributed by atoms with Crippen LogP contribution in [0.25, 0.3) is 0 Å². The van der Waals surface area contributed by atoms with Crippen LogP contribution >= 0.6 is 12.6 Å². The third-order valence-corrected chi connectivity index (χ3v) is 1.71. The van der Waals surface area contributed by atoms with Gasteiger partial charge in [0.2, 0.25) is 0 Å². The number of aliphatic carboxylic acids is 1. The Balaban J connectivity index is 4.46. The van der Waals surface area contributed by atoms with Crippen molar-refractivity contribution in [3.05, 3.63) is 34.8 Å². The Kier molecular flexibility index (Phi) is 5.21. The SMILES string of the molecule is C/C=C/C(C)=C(S)\C=C\C(=O)O. The van der Waals surface area contributed by atoms with E-state index in [9.17, 15) is 4.79 Å². The van der Waals surface area contributed by atoms with Gasteiger partial charge < -0.3 is 5.11 Å². The smallest absolute Gasteiger partial charge is 0.328 e. The molecule has 12 heavy (non-hydrogen) atoms. The van der Waals surface area contributed by atoms with Crippen molar-refractivity contribution >= 4 is 18.6 Å². The zero-order chi connectivity index (χ0) is 9.56. The van der Waals surface area contributed by atoms with Gasteiger partial charge in [0.05, 0.1) is 0 Å². The zero-order valence-corrected chi connectivity index (χ0v) is 8.01. The van der Waals surface area contributed by atoms with Gasteiger partial charge in [-0.25, -0.2) is 4.79 Å². The maximum absolute atomic E-state index is 10.1. The Hall–Kier alpha value is -0.960. The second-order valence-electron chi connectivity index (χ2n) is 2.24. The van der Waals surface area contributed by atoms with Crippen LogP contribution in [-0.4, -0.2) is 11.1 Å². The predicted octanol–water partition coefficient (Wildman–Crippen LogP) is 2.41. The minimum Gasteiger partial charge on any atom is -0.478 e. The Bertz CT molecular complexity index is 249. The zero-order valence-electron chi connectivity index (χ0n) is 7.11. The molecule has 0 heterocycles. The molecule has 0 spiro atoms. The lowest BCUT2D eigenvalue weighted by molar-refractivity contribution is -0.131. The maximum atomic E-state index is 10.1. The van der Waals surface area contributed by atoms with Crippen molar-refractivity contribution in [2.45, 2.75) is 13.8 Å². The molecule has 0 bridgehead atoms. The molecule has 0 unspecified atom stereocenters.